The molecule has 0 bridgehead atoms. The van der Waals surface area contributed by atoms with Crippen molar-refractivity contribution >= 4 is 5.78 Å². The molecular formula is C14H11NO2. The van der Waals surface area contributed by atoms with Gasteiger partial charge in [-0.1, -0.05) is 12.1 Å². The fraction of sp³-hybridized carbons (Fsp3) is 0.143. The number of fused-ring (bicyclic) bond motifs is 3. The summed E-state index contributed by atoms with van der Waals surface area (Å²) in [5, 5.41) is 0. The highest BCUT2D eigenvalue weighted by molar-refractivity contribution is 6.21. The van der Waals surface area contributed by atoms with Crippen molar-refractivity contribution in [3.05, 3.63) is 47.2 Å². The van der Waals surface area contributed by atoms with E-state index in [0.29, 0.717) is 16.9 Å². The minimum Gasteiger partial charge on any atom is -0.496 e. The van der Waals surface area contributed by atoms with Gasteiger partial charge in [-0.25, -0.2) is 0 Å². The van der Waals surface area contributed by atoms with Gasteiger partial charge in [0.2, 0.25) is 0 Å². The third-order valence-corrected chi connectivity index (χ3v) is 3.01. The fourth-order valence-corrected chi connectivity index (χ4v) is 2.21. The van der Waals surface area contributed by atoms with Gasteiger partial charge in [0.25, 0.3) is 0 Å². The average molecular weight is 225 g/mol. The molecule has 1 heterocycles. The van der Waals surface area contributed by atoms with Gasteiger partial charge in [0.15, 0.2) is 5.78 Å². The number of ether oxygens (including phenoxy) is 1. The molecule has 0 amide bonds. The molecule has 0 atom stereocenters. The van der Waals surface area contributed by atoms with Gasteiger partial charge in [0.05, 0.1) is 18.4 Å². The predicted molar refractivity (Wildman–Crippen MR) is 64.4 cm³/mol. The minimum absolute atomic E-state index is 0.0291. The minimum atomic E-state index is 0.0291. The monoisotopic (exact) mass is 225 g/mol. The molecule has 0 aliphatic heterocycles. The Morgan fingerprint density at radius 2 is 1.94 bits per heavy atom. The molecule has 0 saturated heterocycles. The van der Waals surface area contributed by atoms with E-state index in [-0.39, 0.29) is 5.78 Å². The summed E-state index contributed by atoms with van der Waals surface area (Å²) in [4.78, 5) is 16.6. The zero-order chi connectivity index (χ0) is 12.0. The van der Waals surface area contributed by atoms with Gasteiger partial charge in [-0.2, -0.15) is 0 Å². The van der Waals surface area contributed by atoms with Crippen LogP contribution in [0.1, 0.15) is 21.6 Å². The van der Waals surface area contributed by atoms with Crippen molar-refractivity contribution in [2.45, 2.75) is 6.92 Å². The number of benzene rings is 1. The molecule has 1 aromatic carbocycles. The standard InChI is InChI=1S/C14H11NO2/c1-8-6-7-10-13(15-8)12-9(14(10)16)4-3-5-11(12)17-2/h3-7H,1-2H3. The Kier molecular flexibility index (Phi) is 2.01. The number of methoxy groups -OCH3 is 1. The lowest BCUT2D eigenvalue weighted by Crippen LogP contribution is -1.95. The molecule has 1 aliphatic carbocycles. The summed E-state index contributed by atoms with van der Waals surface area (Å²) >= 11 is 0. The van der Waals surface area contributed by atoms with E-state index in [4.69, 9.17) is 4.74 Å². The normalized spacial score (nSPS) is 12.2. The van der Waals surface area contributed by atoms with E-state index in [1.165, 1.54) is 0 Å². The third-order valence-electron chi connectivity index (χ3n) is 3.01. The molecule has 84 valence electrons. The SMILES string of the molecule is COc1cccc2c1-c1nc(C)ccc1C2=O. The number of nitrogens with zero attached hydrogens (tertiary/aromatic N) is 1. The smallest absolute Gasteiger partial charge is 0.196 e. The lowest BCUT2D eigenvalue weighted by Gasteiger charge is -2.06. The molecule has 1 aromatic heterocycles. The van der Waals surface area contributed by atoms with Gasteiger partial charge in [0, 0.05) is 16.8 Å². The summed E-state index contributed by atoms with van der Waals surface area (Å²) in [5.74, 6) is 0.731. The Labute approximate surface area is 99.1 Å². The summed E-state index contributed by atoms with van der Waals surface area (Å²) < 4.78 is 5.31. The second kappa shape index (κ2) is 3.42. The quantitative estimate of drug-likeness (QED) is 0.639. The van der Waals surface area contributed by atoms with Crippen molar-refractivity contribution < 1.29 is 9.53 Å². The van der Waals surface area contributed by atoms with Crippen LogP contribution < -0.4 is 4.74 Å². The Balaban J connectivity index is 2.39. The first-order valence-corrected chi connectivity index (χ1v) is 5.42. The number of carbonyl (C=O) groups is 1. The highest BCUT2D eigenvalue weighted by Crippen LogP contribution is 2.41. The average Bonchev–Trinajstić information content (AvgIpc) is 2.63. The first-order valence-electron chi connectivity index (χ1n) is 5.42. The Morgan fingerprint density at radius 1 is 1.12 bits per heavy atom. The van der Waals surface area contributed by atoms with Crippen molar-refractivity contribution in [1.82, 2.24) is 4.98 Å². The summed E-state index contributed by atoms with van der Waals surface area (Å²) in [5.41, 5.74) is 3.80. The molecule has 0 saturated carbocycles. The lowest BCUT2D eigenvalue weighted by atomic mass is 10.1. The van der Waals surface area contributed by atoms with Gasteiger partial charge < -0.3 is 4.74 Å². The molecule has 0 N–H and O–H groups in total. The zero-order valence-electron chi connectivity index (χ0n) is 9.65. The summed E-state index contributed by atoms with van der Waals surface area (Å²) in [6.07, 6.45) is 0. The molecule has 0 fully saturated rings. The predicted octanol–water partition coefficient (Wildman–Crippen LogP) is 2.61. The van der Waals surface area contributed by atoms with E-state index in [9.17, 15) is 4.79 Å². The fourth-order valence-electron chi connectivity index (χ4n) is 2.21. The molecule has 3 rings (SSSR count). The van der Waals surface area contributed by atoms with Gasteiger partial charge in [0.1, 0.15) is 5.75 Å². The van der Waals surface area contributed by atoms with Gasteiger partial charge in [-0.05, 0) is 25.1 Å². The van der Waals surface area contributed by atoms with Crippen LogP contribution in [0.2, 0.25) is 0 Å². The van der Waals surface area contributed by atoms with E-state index in [1.807, 2.05) is 37.3 Å². The Hall–Kier alpha value is -2.16. The first-order chi connectivity index (χ1) is 8.22. The Bertz CT molecular complexity index is 632. The highest BCUT2D eigenvalue weighted by atomic mass is 16.5. The summed E-state index contributed by atoms with van der Waals surface area (Å²) in [6.45, 7) is 1.91. The van der Waals surface area contributed by atoms with Gasteiger partial charge in [-0.15, -0.1) is 0 Å². The first kappa shape index (κ1) is 10.0. The van der Waals surface area contributed by atoms with E-state index in [2.05, 4.69) is 4.98 Å². The van der Waals surface area contributed by atoms with E-state index >= 15 is 0 Å². The maximum absolute atomic E-state index is 12.2. The van der Waals surface area contributed by atoms with Crippen LogP contribution in [0, 0.1) is 6.92 Å². The van der Waals surface area contributed by atoms with Crippen LogP contribution >= 0.6 is 0 Å². The van der Waals surface area contributed by atoms with Gasteiger partial charge >= 0.3 is 0 Å². The van der Waals surface area contributed by atoms with Crippen LogP contribution in [0.15, 0.2) is 30.3 Å². The molecule has 0 unspecified atom stereocenters. The molecule has 3 nitrogen and oxygen atoms in total. The third kappa shape index (κ3) is 1.29. The van der Waals surface area contributed by atoms with Crippen LogP contribution in [-0.2, 0) is 0 Å². The van der Waals surface area contributed by atoms with Crippen molar-refractivity contribution in [1.29, 1.82) is 0 Å². The second-order valence-electron chi connectivity index (χ2n) is 4.06. The van der Waals surface area contributed by atoms with Crippen LogP contribution in [0.4, 0.5) is 0 Å². The molecule has 17 heavy (non-hydrogen) atoms. The number of aromatic nitrogens is 1. The summed E-state index contributed by atoms with van der Waals surface area (Å²) in [7, 11) is 1.61. The van der Waals surface area contributed by atoms with E-state index in [0.717, 1.165) is 17.0 Å². The highest BCUT2D eigenvalue weighted by Gasteiger charge is 2.30. The number of rotatable bonds is 1. The molecule has 2 aromatic rings. The van der Waals surface area contributed by atoms with Crippen LogP contribution in [0.25, 0.3) is 11.3 Å². The van der Waals surface area contributed by atoms with Crippen molar-refractivity contribution in [3.8, 4) is 17.0 Å². The summed E-state index contributed by atoms with van der Waals surface area (Å²) in [6, 6.07) is 9.19. The maximum atomic E-state index is 12.2. The Morgan fingerprint density at radius 3 is 2.71 bits per heavy atom. The lowest BCUT2D eigenvalue weighted by molar-refractivity contribution is 0.104. The molecule has 0 spiro atoms. The van der Waals surface area contributed by atoms with Crippen molar-refractivity contribution in [2.75, 3.05) is 7.11 Å². The second-order valence-corrected chi connectivity index (χ2v) is 4.06. The van der Waals surface area contributed by atoms with E-state index in [1.54, 1.807) is 7.11 Å². The van der Waals surface area contributed by atoms with E-state index < -0.39 is 0 Å². The molecular weight excluding hydrogens is 214 g/mol. The zero-order valence-corrected chi connectivity index (χ0v) is 9.65. The largest absolute Gasteiger partial charge is 0.496 e. The molecule has 0 radical (unpaired) electrons. The maximum Gasteiger partial charge on any atom is 0.196 e. The van der Waals surface area contributed by atoms with Gasteiger partial charge in [-0.3, -0.25) is 9.78 Å². The van der Waals surface area contributed by atoms with Crippen molar-refractivity contribution in [3.63, 3.8) is 0 Å². The van der Waals surface area contributed by atoms with Crippen LogP contribution in [0.3, 0.4) is 0 Å². The number of pyridine rings is 1. The van der Waals surface area contributed by atoms with Crippen LogP contribution in [-0.4, -0.2) is 17.9 Å². The topological polar surface area (TPSA) is 39.2 Å². The van der Waals surface area contributed by atoms with Crippen molar-refractivity contribution in [2.24, 2.45) is 0 Å². The number of hydrogen-bond donors (Lipinski definition) is 0. The number of carbonyl (C=O) groups excluding carboxylic acids is 1. The number of hydrogen-bond acceptors (Lipinski definition) is 3. The molecule has 1 aliphatic rings. The number of ketones is 1. The van der Waals surface area contributed by atoms with Crippen LogP contribution in [0.5, 0.6) is 5.75 Å². The molecule has 3 heteroatoms. The number of aryl methyl sites for hydroxylation is 1.